The van der Waals surface area contributed by atoms with Crippen LogP contribution in [0.15, 0.2) is 24.3 Å². The van der Waals surface area contributed by atoms with Gasteiger partial charge in [0.2, 0.25) is 5.91 Å². The molecule has 0 saturated carbocycles. The molecule has 0 aliphatic carbocycles. The van der Waals surface area contributed by atoms with Crippen LogP contribution in [0.2, 0.25) is 5.02 Å². The Morgan fingerprint density at radius 3 is 2.88 bits per heavy atom. The molecule has 1 fully saturated rings. The number of carbonyl (C=O) groups excluding carboxylic acids is 1. The van der Waals surface area contributed by atoms with Gasteiger partial charge in [-0.1, -0.05) is 23.7 Å². The molecule has 1 aliphatic heterocycles. The number of nitrogens with zero attached hydrogens (tertiary/aromatic N) is 3. The van der Waals surface area contributed by atoms with Crippen LogP contribution >= 0.6 is 11.6 Å². The summed E-state index contributed by atoms with van der Waals surface area (Å²) in [6.45, 7) is 4.73. The van der Waals surface area contributed by atoms with Crippen molar-refractivity contribution < 1.29 is 9.53 Å². The summed E-state index contributed by atoms with van der Waals surface area (Å²) in [6.07, 6.45) is 1.97. The zero-order valence-corrected chi connectivity index (χ0v) is 15.0. The first kappa shape index (κ1) is 16.8. The van der Waals surface area contributed by atoms with Crippen molar-refractivity contribution in [2.45, 2.75) is 39.3 Å². The number of likely N-dealkylation sites (tertiary alicyclic amines) is 1. The predicted octanol–water partition coefficient (Wildman–Crippen LogP) is 3.53. The van der Waals surface area contributed by atoms with Gasteiger partial charge in [-0.25, -0.2) is 0 Å². The summed E-state index contributed by atoms with van der Waals surface area (Å²) in [6, 6.07) is 8.05. The van der Waals surface area contributed by atoms with E-state index in [1.165, 1.54) is 0 Å². The van der Waals surface area contributed by atoms with E-state index >= 15 is 0 Å². The highest BCUT2D eigenvalue weighted by Gasteiger charge is 2.30. The SMILES string of the molecule is COc1cccc([C@@H]2CCCN2C(=O)Cn2nc(C)c(Cl)c2C)c1. The lowest BCUT2D eigenvalue weighted by Crippen LogP contribution is -2.34. The Labute approximate surface area is 147 Å². The quantitative estimate of drug-likeness (QED) is 0.850. The highest BCUT2D eigenvalue weighted by molar-refractivity contribution is 6.31. The fourth-order valence-electron chi connectivity index (χ4n) is 3.31. The summed E-state index contributed by atoms with van der Waals surface area (Å²) in [7, 11) is 1.66. The first-order valence-corrected chi connectivity index (χ1v) is 8.52. The van der Waals surface area contributed by atoms with E-state index in [1.807, 2.05) is 36.9 Å². The van der Waals surface area contributed by atoms with Crippen LogP contribution in [0.1, 0.15) is 35.8 Å². The lowest BCUT2D eigenvalue weighted by molar-refractivity contribution is -0.133. The van der Waals surface area contributed by atoms with E-state index in [0.717, 1.165) is 42.1 Å². The molecule has 0 unspecified atom stereocenters. The van der Waals surface area contributed by atoms with Crippen LogP contribution in [0.4, 0.5) is 0 Å². The van der Waals surface area contributed by atoms with Crippen LogP contribution in [0, 0.1) is 13.8 Å². The first-order chi connectivity index (χ1) is 11.5. The molecule has 0 N–H and O–H groups in total. The van der Waals surface area contributed by atoms with Crippen molar-refractivity contribution in [1.82, 2.24) is 14.7 Å². The number of hydrogen-bond donors (Lipinski definition) is 0. The number of benzene rings is 1. The van der Waals surface area contributed by atoms with Crippen molar-refractivity contribution in [2.75, 3.05) is 13.7 Å². The number of hydrogen-bond acceptors (Lipinski definition) is 3. The highest BCUT2D eigenvalue weighted by atomic mass is 35.5. The van der Waals surface area contributed by atoms with E-state index in [0.29, 0.717) is 5.02 Å². The Bertz CT molecular complexity index is 757. The molecule has 0 radical (unpaired) electrons. The van der Waals surface area contributed by atoms with E-state index in [1.54, 1.807) is 11.8 Å². The van der Waals surface area contributed by atoms with Crippen LogP contribution < -0.4 is 4.74 Å². The first-order valence-electron chi connectivity index (χ1n) is 8.14. The van der Waals surface area contributed by atoms with Gasteiger partial charge in [-0.15, -0.1) is 0 Å². The third-order valence-electron chi connectivity index (χ3n) is 4.63. The number of methoxy groups -OCH3 is 1. The van der Waals surface area contributed by atoms with E-state index in [4.69, 9.17) is 16.3 Å². The van der Waals surface area contributed by atoms with Gasteiger partial charge in [0.05, 0.1) is 29.6 Å². The van der Waals surface area contributed by atoms with Crippen LogP contribution in [-0.2, 0) is 11.3 Å². The topological polar surface area (TPSA) is 47.4 Å². The molecule has 3 rings (SSSR count). The Balaban J connectivity index is 1.79. The number of carbonyl (C=O) groups is 1. The number of ether oxygens (including phenoxy) is 1. The zero-order chi connectivity index (χ0) is 17.3. The van der Waals surface area contributed by atoms with Crippen molar-refractivity contribution in [3.8, 4) is 5.75 Å². The van der Waals surface area contributed by atoms with Crippen molar-refractivity contribution in [2.24, 2.45) is 0 Å². The van der Waals surface area contributed by atoms with E-state index < -0.39 is 0 Å². The highest BCUT2D eigenvalue weighted by Crippen LogP contribution is 2.33. The maximum atomic E-state index is 12.8. The summed E-state index contributed by atoms with van der Waals surface area (Å²) < 4.78 is 7.00. The molecule has 1 atom stereocenters. The Morgan fingerprint density at radius 2 is 2.21 bits per heavy atom. The average molecular weight is 348 g/mol. The van der Waals surface area contributed by atoms with Crippen molar-refractivity contribution in [3.63, 3.8) is 0 Å². The van der Waals surface area contributed by atoms with Crippen LogP contribution in [0.25, 0.3) is 0 Å². The molecule has 128 valence electrons. The second kappa shape index (κ2) is 6.85. The molecule has 2 aromatic rings. The third-order valence-corrected chi connectivity index (χ3v) is 5.18. The number of rotatable bonds is 4. The molecule has 1 aromatic carbocycles. The van der Waals surface area contributed by atoms with Crippen LogP contribution in [0.3, 0.4) is 0 Å². The average Bonchev–Trinajstić information content (AvgIpc) is 3.17. The zero-order valence-electron chi connectivity index (χ0n) is 14.3. The van der Waals surface area contributed by atoms with Gasteiger partial charge in [0.15, 0.2) is 0 Å². The monoisotopic (exact) mass is 347 g/mol. The molecule has 24 heavy (non-hydrogen) atoms. The van der Waals surface area contributed by atoms with E-state index in [9.17, 15) is 4.79 Å². The maximum Gasteiger partial charge on any atom is 0.244 e. The second-order valence-electron chi connectivity index (χ2n) is 6.16. The van der Waals surface area contributed by atoms with E-state index in [2.05, 4.69) is 11.2 Å². The summed E-state index contributed by atoms with van der Waals surface area (Å²) >= 11 is 6.18. The largest absolute Gasteiger partial charge is 0.497 e. The van der Waals surface area contributed by atoms with Gasteiger partial charge in [0, 0.05) is 6.54 Å². The minimum absolute atomic E-state index is 0.0718. The standard InChI is InChI=1S/C18H22ClN3O2/c1-12-18(19)13(2)22(20-12)11-17(23)21-9-5-8-16(21)14-6-4-7-15(10-14)24-3/h4,6-7,10,16H,5,8-9,11H2,1-3H3/t16-/m0/s1. The van der Waals surface area contributed by atoms with Gasteiger partial charge in [-0.2, -0.15) is 5.10 Å². The fourth-order valence-corrected chi connectivity index (χ4v) is 3.44. The summed E-state index contributed by atoms with van der Waals surface area (Å²) in [5, 5.41) is 5.00. The van der Waals surface area contributed by atoms with Gasteiger partial charge in [0.25, 0.3) is 0 Å². The smallest absolute Gasteiger partial charge is 0.244 e. The summed E-state index contributed by atoms with van der Waals surface area (Å²) in [5.41, 5.74) is 2.71. The second-order valence-corrected chi connectivity index (χ2v) is 6.54. The summed E-state index contributed by atoms with van der Waals surface area (Å²) in [5.74, 6) is 0.889. The van der Waals surface area contributed by atoms with Crippen LogP contribution in [-0.4, -0.2) is 34.2 Å². The van der Waals surface area contributed by atoms with Gasteiger partial charge in [0.1, 0.15) is 12.3 Å². The lowest BCUT2D eigenvalue weighted by Gasteiger charge is -2.25. The molecular weight excluding hydrogens is 326 g/mol. The molecule has 1 saturated heterocycles. The molecule has 1 aromatic heterocycles. The van der Waals surface area contributed by atoms with Gasteiger partial charge >= 0.3 is 0 Å². The number of aryl methyl sites for hydroxylation is 1. The van der Waals surface area contributed by atoms with Crippen molar-refractivity contribution >= 4 is 17.5 Å². The van der Waals surface area contributed by atoms with Gasteiger partial charge in [-0.05, 0) is 44.4 Å². The number of halogens is 1. The Hall–Kier alpha value is -2.01. The minimum atomic E-state index is 0.0718. The molecule has 2 heterocycles. The van der Waals surface area contributed by atoms with Gasteiger partial charge in [-0.3, -0.25) is 9.48 Å². The molecule has 1 amide bonds. The molecular formula is C18H22ClN3O2. The Kier molecular flexibility index (Phi) is 4.81. The predicted molar refractivity (Wildman–Crippen MR) is 93.4 cm³/mol. The van der Waals surface area contributed by atoms with Crippen molar-refractivity contribution in [3.05, 3.63) is 46.2 Å². The van der Waals surface area contributed by atoms with E-state index in [-0.39, 0.29) is 18.5 Å². The summed E-state index contributed by atoms with van der Waals surface area (Å²) in [4.78, 5) is 14.8. The molecule has 1 aliphatic rings. The number of amides is 1. The molecule has 0 spiro atoms. The lowest BCUT2D eigenvalue weighted by atomic mass is 10.0. The van der Waals surface area contributed by atoms with Gasteiger partial charge < -0.3 is 9.64 Å². The molecule has 5 nitrogen and oxygen atoms in total. The number of aromatic nitrogens is 2. The van der Waals surface area contributed by atoms with Crippen LogP contribution in [0.5, 0.6) is 5.75 Å². The normalized spacial score (nSPS) is 17.3. The fraction of sp³-hybridized carbons (Fsp3) is 0.444. The third kappa shape index (κ3) is 3.13. The molecule has 6 heteroatoms. The Morgan fingerprint density at radius 1 is 1.42 bits per heavy atom. The van der Waals surface area contributed by atoms with Crippen molar-refractivity contribution in [1.29, 1.82) is 0 Å². The molecule has 0 bridgehead atoms. The maximum absolute atomic E-state index is 12.8. The minimum Gasteiger partial charge on any atom is -0.497 e.